The minimum absolute atomic E-state index is 0.490. The minimum atomic E-state index is -0.490. The third-order valence-corrected chi connectivity index (χ3v) is 3.23. The van der Waals surface area contributed by atoms with Gasteiger partial charge in [-0.15, -0.1) is 0 Å². The predicted octanol–water partition coefficient (Wildman–Crippen LogP) is 1.22. The maximum atomic E-state index is 11.1. The van der Waals surface area contributed by atoms with Crippen molar-refractivity contribution < 1.29 is 9.53 Å². The van der Waals surface area contributed by atoms with Crippen LogP contribution in [0.25, 0.3) is 0 Å². The van der Waals surface area contributed by atoms with E-state index in [1.165, 1.54) is 12.8 Å². The van der Waals surface area contributed by atoms with Crippen molar-refractivity contribution in [2.45, 2.75) is 44.2 Å². The molecule has 0 N–H and O–H groups in total. The van der Waals surface area contributed by atoms with Crippen molar-refractivity contribution in [2.75, 3.05) is 19.7 Å². The molecule has 3 heteroatoms. The number of hydrogen-bond donors (Lipinski definition) is 0. The lowest BCUT2D eigenvalue weighted by molar-refractivity contribution is -0.139. The molecule has 1 atom stereocenters. The first-order chi connectivity index (χ1) is 6.79. The fourth-order valence-corrected chi connectivity index (χ4v) is 2.37. The second-order valence-corrected chi connectivity index (χ2v) is 4.42. The summed E-state index contributed by atoms with van der Waals surface area (Å²) in [4.78, 5) is 13.5. The van der Waals surface area contributed by atoms with Crippen molar-refractivity contribution in [1.82, 2.24) is 4.90 Å². The largest absolute Gasteiger partial charge is 0.366 e. The van der Waals surface area contributed by atoms with Crippen molar-refractivity contribution in [1.29, 1.82) is 0 Å². The molecule has 0 amide bonds. The van der Waals surface area contributed by atoms with Crippen molar-refractivity contribution in [3.8, 4) is 0 Å². The van der Waals surface area contributed by atoms with Crippen LogP contribution in [0.3, 0.4) is 0 Å². The molecule has 14 heavy (non-hydrogen) atoms. The molecule has 2 fully saturated rings. The van der Waals surface area contributed by atoms with Crippen molar-refractivity contribution in [2.24, 2.45) is 0 Å². The van der Waals surface area contributed by atoms with Gasteiger partial charge in [0, 0.05) is 19.2 Å². The standard InChI is InChI=1S/C11H19NO2/c1-2-14-11(9-13)6-3-7-12(8-11)10-4-5-10/h9-10H,2-8H2,1H3. The van der Waals surface area contributed by atoms with E-state index in [0.717, 1.165) is 38.3 Å². The lowest BCUT2D eigenvalue weighted by Crippen LogP contribution is -2.51. The van der Waals surface area contributed by atoms with Gasteiger partial charge in [0.15, 0.2) is 6.29 Å². The molecule has 80 valence electrons. The van der Waals surface area contributed by atoms with Crippen molar-refractivity contribution in [3.05, 3.63) is 0 Å². The Morgan fingerprint density at radius 1 is 1.57 bits per heavy atom. The van der Waals surface area contributed by atoms with Gasteiger partial charge < -0.3 is 9.53 Å². The van der Waals surface area contributed by atoms with Crippen LogP contribution in [-0.4, -0.2) is 42.5 Å². The smallest absolute Gasteiger partial charge is 0.153 e. The van der Waals surface area contributed by atoms with E-state index in [2.05, 4.69) is 4.90 Å². The van der Waals surface area contributed by atoms with Gasteiger partial charge >= 0.3 is 0 Å². The summed E-state index contributed by atoms with van der Waals surface area (Å²) < 4.78 is 5.62. The highest BCUT2D eigenvalue weighted by Gasteiger charge is 2.40. The Bertz CT molecular complexity index is 211. The van der Waals surface area contributed by atoms with Crippen LogP contribution in [-0.2, 0) is 9.53 Å². The zero-order chi connectivity index (χ0) is 10.0. The Labute approximate surface area is 85.4 Å². The molecule has 0 bridgehead atoms. The Hall–Kier alpha value is -0.410. The maximum absolute atomic E-state index is 11.1. The summed E-state index contributed by atoms with van der Waals surface area (Å²) in [6.07, 6.45) is 5.62. The first-order valence-electron chi connectivity index (χ1n) is 5.64. The Morgan fingerprint density at radius 3 is 2.93 bits per heavy atom. The molecule has 2 aliphatic rings. The van der Waals surface area contributed by atoms with Crippen molar-refractivity contribution in [3.63, 3.8) is 0 Å². The second-order valence-electron chi connectivity index (χ2n) is 4.42. The van der Waals surface area contributed by atoms with E-state index >= 15 is 0 Å². The van der Waals surface area contributed by atoms with E-state index in [-0.39, 0.29) is 0 Å². The van der Waals surface area contributed by atoms with Crippen LogP contribution in [0.1, 0.15) is 32.6 Å². The number of carbonyl (C=O) groups is 1. The molecule has 0 aromatic carbocycles. The molecular weight excluding hydrogens is 178 g/mol. The highest BCUT2D eigenvalue weighted by atomic mass is 16.5. The molecule has 0 aromatic rings. The Balaban J connectivity index is 1.98. The highest BCUT2D eigenvalue weighted by Crippen LogP contribution is 2.33. The van der Waals surface area contributed by atoms with Gasteiger partial charge in [0.1, 0.15) is 5.60 Å². The molecule has 0 aromatic heterocycles. The Morgan fingerprint density at radius 2 is 2.36 bits per heavy atom. The normalized spacial score (nSPS) is 34.4. The average molecular weight is 197 g/mol. The maximum Gasteiger partial charge on any atom is 0.153 e. The van der Waals surface area contributed by atoms with Crippen LogP contribution in [0.4, 0.5) is 0 Å². The fourth-order valence-electron chi connectivity index (χ4n) is 2.37. The van der Waals surface area contributed by atoms with Crippen LogP contribution in [0, 0.1) is 0 Å². The van der Waals surface area contributed by atoms with Crippen LogP contribution in [0.5, 0.6) is 0 Å². The second kappa shape index (κ2) is 3.99. The molecule has 1 aliphatic heterocycles. The number of piperidine rings is 1. The third-order valence-electron chi connectivity index (χ3n) is 3.23. The van der Waals surface area contributed by atoms with E-state index in [1.54, 1.807) is 0 Å². The first kappa shape index (κ1) is 10.1. The molecule has 3 nitrogen and oxygen atoms in total. The van der Waals surface area contributed by atoms with Crippen LogP contribution < -0.4 is 0 Å². The zero-order valence-corrected chi connectivity index (χ0v) is 8.87. The van der Waals surface area contributed by atoms with Crippen LogP contribution in [0.2, 0.25) is 0 Å². The van der Waals surface area contributed by atoms with Gasteiger partial charge in [-0.2, -0.15) is 0 Å². The molecule has 0 radical (unpaired) electrons. The quantitative estimate of drug-likeness (QED) is 0.635. The monoisotopic (exact) mass is 197 g/mol. The molecule has 1 heterocycles. The zero-order valence-electron chi connectivity index (χ0n) is 8.87. The number of hydrogen-bond acceptors (Lipinski definition) is 3. The predicted molar refractivity (Wildman–Crippen MR) is 54.3 cm³/mol. The van der Waals surface area contributed by atoms with E-state index in [9.17, 15) is 4.79 Å². The van der Waals surface area contributed by atoms with Gasteiger partial charge in [0.25, 0.3) is 0 Å². The van der Waals surface area contributed by atoms with Gasteiger partial charge in [0.2, 0.25) is 0 Å². The van der Waals surface area contributed by atoms with Crippen LogP contribution >= 0.6 is 0 Å². The molecule has 1 unspecified atom stereocenters. The van der Waals surface area contributed by atoms with Crippen LogP contribution in [0.15, 0.2) is 0 Å². The number of ether oxygens (including phenoxy) is 1. The topological polar surface area (TPSA) is 29.5 Å². The average Bonchev–Trinajstić information content (AvgIpc) is 3.02. The minimum Gasteiger partial charge on any atom is -0.366 e. The molecule has 0 spiro atoms. The summed E-state index contributed by atoms with van der Waals surface area (Å²) in [7, 11) is 0. The molecule has 2 rings (SSSR count). The summed E-state index contributed by atoms with van der Waals surface area (Å²) in [5.74, 6) is 0. The number of likely N-dealkylation sites (tertiary alicyclic amines) is 1. The molecular formula is C11H19NO2. The fraction of sp³-hybridized carbons (Fsp3) is 0.909. The summed E-state index contributed by atoms with van der Waals surface area (Å²) >= 11 is 0. The summed E-state index contributed by atoms with van der Waals surface area (Å²) in [6.45, 7) is 4.56. The highest BCUT2D eigenvalue weighted by molar-refractivity contribution is 5.63. The first-order valence-corrected chi connectivity index (χ1v) is 5.64. The number of aldehydes is 1. The lowest BCUT2D eigenvalue weighted by Gasteiger charge is -2.39. The Kier molecular flexibility index (Phi) is 2.88. The van der Waals surface area contributed by atoms with Gasteiger partial charge in [-0.1, -0.05) is 0 Å². The number of carbonyl (C=O) groups excluding carboxylic acids is 1. The van der Waals surface area contributed by atoms with E-state index in [1.807, 2.05) is 6.92 Å². The number of nitrogens with zero attached hydrogens (tertiary/aromatic N) is 1. The van der Waals surface area contributed by atoms with E-state index in [0.29, 0.717) is 6.61 Å². The molecule has 1 saturated heterocycles. The van der Waals surface area contributed by atoms with Crippen molar-refractivity contribution >= 4 is 6.29 Å². The molecule has 1 saturated carbocycles. The summed E-state index contributed by atoms with van der Waals surface area (Å²) in [5, 5.41) is 0. The summed E-state index contributed by atoms with van der Waals surface area (Å²) in [6, 6.07) is 0.745. The van der Waals surface area contributed by atoms with E-state index in [4.69, 9.17) is 4.74 Å². The number of rotatable bonds is 4. The molecule has 1 aliphatic carbocycles. The van der Waals surface area contributed by atoms with Gasteiger partial charge in [-0.3, -0.25) is 4.90 Å². The van der Waals surface area contributed by atoms with Gasteiger partial charge in [-0.25, -0.2) is 0 Å². The van der Waals surface area contributed by atoms with Gasteiger partial charge in [-0.05, 0) is 39.2 Å². The lowest BCUT2D eigenvalue weighted by atomic mass is 9.94. The van der Waals surface area contributed by atoms with E-state index < -0.39 is 5.60 Å². The SMILES string of the molecule is CCOC1(C=O)CCCN(C2CC2)C1. The summed E-state index contributed by atoms with van der Waals surface area (Å²) in [5.41, 5.74) is -0.490. The van der Waals surface area contributed by atoms with Gasteiger partial charge in [0.05, 0.1) is 0 Å². The third kappa shape index (κ3) is 1.98.